The zero-order valence-electron chi connectivity index (χ0n) is 17.0. The van der Waals surface area contributed by atoms with Gasteiger partial charge in [0.05, 0.1) is 31.0 Å². The third kappa shape index (κ3) is 4.01. The van der Waals surface area contributed by atoms with Crippen molar-refractivity contribution in [3.8, 4) is 0 Å². The fraction of sp³-hybridized carbons (Fsp3) is 0.409. The molecule has 8 heteroatoms. The number of rotatable bonds is 7. The van der Waals surface area contributed by atoms with Crippen molar-refractivity contribution in [1.29, 1.82) is 0 Å². The smallest absolute Gasteiger partial charge is 0.290 e. The van der Waals surface area contributed by atoms with Gasteiger partial charge in [-0.15, -0.1) is 0 Å². The number of aliphatic hydroxyl groups is 1. The summed E-state index contributed by atoms with van der Waals surface area (Å²) in [7, 11) is 0. The van der Waals surface area contributed by atoms with Crippen molar-refractivity contribution in [3.05, 3.63) is 65.1 Å². The number of furan rings is 1. The molecule has 1 amide bonds. The fourth-order valence-electron chi connectivity index (χ4n) is 4.06. The van der Waals surface area contributed by atoms with E-state index in [1.54, 1.807) is 48.4 Å². The number of pyridine rings is 1. The molecule has 158 valence electrons. The fourth-order valence-corrected chi connectivity index (χ4v) is 4.06. The van der Waals surface area contributed by atoms with Crippen LogP contribution in [-0.4, -0.2) is 66.1 Å². The number of aromatic nitrogens is 1. The predicted molar refractivity (Wildman–Crippen MR) is 107 cm³/mol. The zero-order chi connectivity index (χ0) is 21.1. The highest BCUT2D eigenvalue weighted by Gasteiger charge is 2.45. The Morgan fingerprint density at radius 2 is 2.07 bits per heavy atom. The second-order valence-corrected chi connectivity index (χ2v) is 7.62. The molecule has 1 fully saturated rings. The number of aryl methyl sites for hydroxylation is 1. The first-order valence-electron chi connectivity index (χ1n) is 10.2. The Kier molecular flexibility index (Phi) is 5.96. The number of ketones is 1. The number of aliphatic hydroxyl groups excluding tert-OH is 1. The van der Waals surface area contributed by atoms with Crippen LogP contribution < -0.4 is 4.90 Å². The zero-order valence-corrected chi connectivity index (χ0v) is 17.0. The molecule has 8 nitrogen and oxygen atoms in total. The summed E-state index contributed by atoms with van der Waals surface area (Å²) in [6.45, 7) is 6.44. The number of nitrogens with zero attached hydrogens (tertiary/aromatic N) is 2. The Hall–Kier alpha value is -2.97. The number of hydrogen-bond donors (Lipinski definition) is 2. The maximum Gasteiger partial charge on any atom is 0.290 e. The monoisotopic (exact) mass is 412 g/mol. The first-order chi connectivity index (χ1) is 14.6. The third-order valence-electron chi connectivity index (χ3n) is 5.61. The molecule has 2 aromatic heterocycles. The van der Waals surface area contributed by atoms with Crippen LogP contribution in [0.1, 0.15) is 34.5 Å². The van der Waals surface area contributed by atoms with E-state index in [0.29, 0.717) is 18.0 Å². The van der Waals surface area contributed by atoms with E-state index in [-0.39, 0.29) is 11.3 Å². The minimum Gasteiger partial charge on any atom is -0.503 e. The molecular formula is C22H26N3O5+. The summed E-state index contributed by atoms with van der Waals surface area (Å²) in [6, 6.07) is 7.83. The van der Waals surface area contributed by atoms with Crippen molar-refractivity contribution in [2.75, 3.05) is 39.4 Å². The second-order valence-electron chi connectivity index (χ2n) is 7.62. The average Bonchev–Trinajstić information content (AvgIpc) is 3.31. The Morgan fingerprint density at radius 1 is 1.27 bits per heavy atom. The van der Waals surface area contributed by atoms with E-state index >= 15 is 0 Å². The molecular weight excluding hydrogens is 386 g/mol. The normalized spacial score (nSPS) is 20.2. The van der Waals surface area contributed by atoms with Crippen LogP contribution in [0.2, 0.25) is 0 Å². The van der Waals surface area contributed by atoms with Crippen LogP contribution in [0.4, 0.5) is 0 Å². The second kappa shape index (κ2) is 8.81. The van der Waals surface area contributed by atoms with E-state index in [1.165, 1.54) is 4.90 Å². The molecule has 0 saturated carbocycles. The highest BCUT2D eigenvalue weighted by atomic mass is 16.5. The van der Waals surface area contributed by atoms with E-state index in [1.807, 2.05) is 0 Å². The van der Waals surface area contributed by atoms with Crippen molar-refractivity contribution < 1.29 is 28.7 Å². The predicted octanol–water partition coefficient (Wildman–Crippen LogP) is 0.867. The molecule has 0 spiro atoms. The van der Waals surface area contributed by atoms with Crippen LogP contribution in [0.5, 0.6) is 0 Å². The molecule has 2 aliphatic heterocycles. The van der Waals surface area contributed by atoms with Crippen LogP contribution in [0.15, 0.2) is 52.3 Å². The molecule has 4 heterocycles. The standard InChI is InChI=1S/C22H25N3O5/c1-15-6-7-17(30-15)20(26)18-19(16-5-2-3-8-23-16)25(22(28)21(18)27)10-4-9-24-11-13-29-14-12-24/h2-3,5-8,19,27H,4,9-14H2,1H3/p+1/t19-/m1/s1. The molecule has 1 atom stereocenters. The summed E-state index contributed by atoms with van der Waals surface area (Å²) in [5.74, 6) is -0.881. The lowest BCUT2D eigenvalue weighted by molar-refractivity contribution is -0.908. The molecule has 0 unspecified atom stereocenters. The van der Waals surface area contributed by atoms with Crippen molar-refractivity contribution in [3.63, 3.8) is 0 Å². The highest BCUT2D eigenvalue weighted by Crippen LogP contribution is 2.38. The van der Waals surface area contributed by atoms with E-state index in [2.05, 4.69) is 4.98 Å². The van der Waals surface area contributed by atoms with Gasteiger partial charge in [-0.05, 0) is 31.2 Å². The summed E-state index contributed by atoms with van der Waals surface area (Å²) in [4.78, 5) is 33.4. The van der Waals surface area contributed by atoms with Crippen LogP contribution >= 0.6 is 0 Å². The third-order valence-corrected chi connectivity index (χ3v) is 5.61. The summed E-state index contributed by atoms with van der Waals surface area (Å²) in [6.07, 6.45) is 2.36. The number of quaternary nitrogens is 1. The lowest BCUT2D eigenvalue weighted by atomic mass is 9.98. The van der Waals surface area contributed by atoms with E-state index < -0.39 is 23.5 Å². The van der Waals surface area contributed by atoms with Gasteiger partial charge in [0.25, 0.3) is 5.91 Å². The lowest BCUT2D eigenvalue weighted by Gasteiger charge is -2.28. The Balaban J connectivity index is 1.58. The summed E-state index contributed by atoms with van der Waals surface area (Å²) in [5, 5.41) is 10.6. The minimum atomic E-state index is -0.740. The first-order valence-corrected chi connectivity index (χ1v) is 10.2. The van der Waals surface area contributed by atoms with Crippen LogP contribution in [0.25, 0.3) is 0 Å². The maximum absolute atomic E-state index is 13.1. The number of amides is 1. The van der Waals surface area contributed by atoms with Crippen LogP contribution in [0, 0.1) is 6.92 Å². The van der Waals surface area contributed by atoms with E-state index in [9.17, 15) is 14.7 Å². The van der Waals surface area contributed by atoms with Gasteiger partial charge in [0.1, 0.15) is 24.9 Å². The van der Waals surface area contributed by atoms with Gasteiger partial charge in [0, 0.05) is 19.2 Å². The van der Waals surface area contributed by atoms with Crippen molar-refractivity contribution in [2.24, 2.45) is 0 Å². The van der Waals surface area contributed by atoms with Gasteiger partial charge in [-0.3, -0.25) is 14.6 Å². The molecule has 2 N–H and O–H groups in total. The minimum absolute atomic E-state index is 0.0202. The average molecular weight is 412 g/mol. The van der Waals surface area contributed by atoms with Crippen LogP contribution in [0.3, 0.4) is 0 Å². The van der Waals surface area contributed by atoms with Gasteiger partial charge >= 0.3 is 0 Å². The SMILES string of the molecule is Cc1ccc(C(=O)C2=C(O)C(=O)N(CCC[NH+]3CCOCC3)[C@@H]2c2ccccn2)o1. The number of carbonyl (C=O) groups is 2. The van der Waals surface area contributed by atoms with Gasteiger partial charge in [-0.25, -0.2) is 0 Å². The number of ether oxygens (including phenoxy) is 1. The topological polar surface area (TPSA) is 97.3 Å². The van der Waals surface area contributed by atoms with Crippen LogP contribution in [-0.2, 0) is 9.53 Å². The largest absolute Gasteiger partial charge is 0.503 e. The van der Waals surface area contributed by atoms with E-state index in [0.717, 1.165) is 39.3 Å². The highest BCUT2D eigenvalue weighted by molar-refractivity contribution is 6.14. The molecule has 0 aromatic carbocycles. The van der Waals surface area contributed by atoms with Gasteiger partial charge in [-0.1, -0.05) is 6.07 Å². The Labute approximate surface area is 174 Å². The van der Waals surface area contributed by atoms with Gasteiger partial charge in [-0.2, -0.15) is 0 Å². The number of Topliss-reactive ketones (excluding diaryl/α,β-unsaturated/α-hetero) is 1. The molecule has 0 bridgehead atoms. The molecule has 2 aromatic rings. The van der Waals surface area contributed by atoms with Gasteiger partial charge < -0.3 is 24.1 Å². The summed E-state index contributed by atoms with van der Waals surface area (Å²) in [5.41, 5.74) is 0.562. The molecule has 2 aliphatic rings. The first kappa shape index (κ1) is 20.3. The van der Waals surface area contributed by atoms with Gasteiger partial charge in [0.15, 0.2) is 11.5 Å². The maximum atomic E-state index is 13.1. The number of morpholine rings is 1. The number of carbonyl (C=O) groups excluding carboxylic acids is 2. The van der Waals surface area contributed by atoms with Crippen molar-refractivity contribution in [1.82, 2.24) is 9.88 Å². The van der Waals surface area contributed by atoms with Gasteiger partial charge in [0.2, 0.25) is 5.78 Å². The van der Waals surface area contributed by atoms with Crippen molar-refractivity contribution >= 4 is 11.7 Å². The molecule has 1 saturated heterocycles. The lowest BCUT2D eigenvalue weighted by Crippen LogP contribution is -3.14. The number of hydrogen-bond acceptors (Lipinski definition) is 6. The molecule has 0 radical (unpaired) electrons. The Bertz CT molecular complexity index is 947. The summed E-state index contributed by atoms with van der Waals surface area (Å²) < 4.78 is 10.9. The van der Waals surface area contributed by atoms with E-state index in [4.69, 9.17) is 9.15 Å². The Morgan fingerprint density at radius 3 is 2.73 bits per heavy atom. The molecule has 0 aliphatic carbocycles. The molecule has 30 heavy (non-hydrogen) atoms. The van der Waals surface area contributed by atoms with Crippen molar-refractivity contribution in [2.45, 2.75) is 19.4 Å². The summed E-state index contributed by atoms with van der Waals surface area (Å²) >= 11 is 0. The number of nitrogens with one attached hydrogen (secondary N) is 1. The molecule has 4 rings (SSSR count). The quantitative estimate of drug-likeness (QED) is 0.655.